The smallest absolute Gasteiger partial charge is 0.395 e. The van der Waals surface area contributed by atoms with Crippen molar-refractivity contribution in [2.24, 2.45) is 0 Å². The Hall–Kier alpha value is -3.75. The summed E-state index contributed by atoms with van der Waals surface area (Å²) in [4.78, 5) is 36.9. The van der Waals surface area contributed by atoms with Crippen LogP contribution in [0.25, 0.3) is 22.6 Å². The number of hydrogen-bond donors (Lipinski definition) is 3. The van der Waals surface area contributed by atoms with E-state index in [1.165, 1.54) is 19.3 Å². The molecule has 4 heterocycles. The molecule has 1 amide bonds. The van der Waals surface area contributed by atoms with Crippen molar-refractivity contribution in [3.8, 4) is 11.4 Å². The van der Waals surface area contributed by atoms with Crippen LogP contribution in [-0.4, -0.2) is 97.5 Å². The molecule has 1 saturated heterocycles. The minimum atomic E-state index is -4.55. The zero-order valence-corrected chi connectivity index (χ0v) is 20.0. The molecule has 0 unspecified atom stereocenters. The van der Waals surface area contributed by atoms with E-state index in [1.54, 1.807) is 16.8 Å². The summed E-state index contributed by atoms with van der Waals surface area (Å²) < 4.78 is 42.1. The highest BCUT2D eigenvalue weighted by atomic mass is 19.4. The molecule has 3 aromatic rings. The molecule has 1 fully saturated rings. The van der Waals surface area contributed by atoms with Gasteiger partial charge in [-0.15, -0.1) is 0 Å². The van der Waals surface area contributed by atoms with Gasteiger partial charge in [0.2, 0.25) is 17.8 Å². The second-order valence-electron chi connectivity index (χ2n) is 8.38. The maximum absolute atomic E-state index is 13.7. The summed E-state index contributed by atoms with van der Waals surface area (Å²) >= 11 is 0. The van der Waals surface area contributed by atoms with Crippen molar-refractivity contribution < 1.29 is 23.1 Å². The minimum absolute atomic E-state index is 0.0212. The number of alkyl halides is 3. The number of fused-ring (bicyclic) bond motifs is 1. The topological polar surface area (TPSA) is 137 Å². The Morgan fingerprint density at radius 1 is 1.19 bits per heavy atom. The van der Waals surface area contributed by atoms with Gasteiger partial charge in [0.1, 0.15) is 6.54 Å². The molecule has 1 atom stereocenters. The Balaban J connectivity index is 1.86. The van der Waals surface area contributed by atoms with Gasteiger partial charge in [0.15, 0.2) is 22.8 Å². The number of carbonyl (C=O) groups excluding carboxylic acids is 1. The van der Waals surface area contributed by atoms with Gasteiger partial charge in [-0.2, -0.15) is 13.2 Å². The molecular formula is C21H27F3N10O2. The van der Waals surface area contributed by atoms with Crippen LogP contribution in [0.1, 0.15) is 13.8 Å². The fourth-order valence-corrected chi connectivity index (χ4v) is 4.16. The van der Waals surface area contributed by atoms with E-state index in [9.17, 15) is 23.1 Å². The van der Waals surface area contributed by atoms with Gasteiger partial charge >= 0.3 is 6.18 Å². The maximum Gasteiger partial charge on any atom is 0.406 e. The van der Waals surface area contributed by atoms with Crippen molar-refractivity contribution >= 4 is 34.8 Å². The molecule has 1 aliphatic heterocycles. The third-order valence-electron chi connectivity index (χ3n) is 5.76. The van der Waals surface area contributed by atoms with Gasteiger partial charge in [-0.05, 0) is 6.92 Å². The predicted octanol–water partition coefficient (Wildman–Crippen LogP) is 1.35. The number of aromatic nitrogens is 6. The zero-order valence-electron chi connectivity index (χ0n) is 20.0. The standard InChI is InChI=1S/C21H27F3N10O2/c1-12-10-32(5-6-33(12)13(2)36)20-29-15-17(26-4-7-35)30-16(14-8-27-19(25-3)28-9-14)31-18(15)34(20)11-21(22,23)24/h8-9,12,35H,4-7,10-11H2,1-3H3,(H,25,27,28)(H,26,30,31)/t12-/m0/s1. The summed E-state index contributed by atoms with van der Waals surface area (Å²) in [5.74, 6) is 0.636. The van der Waals surface area contributed by atoms with E-state index < -0.39 is 12.7 Å². The van der Waals surface area contributed by atoms with Crippen molar-refractivity contribution in [3.05, 3.63) is 12.4 Å². The summed E-state index contributed by atoms with van der Waals surface area (Å²) in [6.45, 7) is 2.85. The van der Waals surface area contributed by atoms with Gasteiger partial charge in [0, 0.05) is 58.6 Å². The summed E-state index contributed by atoms with van der Waals surface area (Å²) in [6, 6.07) is -0.216. The molecule has 36 heavy (non-hydrogen) atoms. The molecule has 0 radical (unpaired) electrons. The Labute approximate surface area is 204 Å². The van der Waals surface area contributed by atoms with Crippen LogP contribution >= 0.6 is 0 Å². The van der Waals surface area contributed by atoms with Gasteiger partial charge in [0.05, 0.1) is 12.2 Å². The average molecular weight is 509 g/mol. The van der Waals surface area contributed by atoms with E-state index in [1.807, 2.05) is 6.92 Å². The molecule has 0 spiro atoms. The lowest BCUT2D eigenvalue weighted by Gasteiger charge is -2.40. The lowest BCUT2D eigenvalue weighted by molar-refractivity contribution is -0.139. The van der Waals surface area contributed by atoms with E-state index in [2.05, 4.69) is 35.6 Å². The molecule has 0 bridgehead atoms. The number of carbonyl (C=O) groups is 1. The number of aliphatic hydroxyl groups is 1. The summed E-state index contributed by atoms with van der Waals surface area (Å²) in [7, 11) is 1.66. The van der Waals surface area contributed by atoms with Crippen LogP contribution in [0, 0.1) is 0 Å². The summed E-state index contributed by atoms with van der Waals surface area (Å²) in [5, 5.41) is 15.0. The molecule has 4 rings (SSSR count). The van der Waals surface area contributed by atoms with E-state index in [0.29, 0.717) is 31.1 Å². The number of rotatable bonds is 7. The Morgan fingerprint density at radius 2 is 1.92 bits per heavy atom. The molecule has 15 heteroatoms. The van der Waals surface area contributed by atoms with E-state index in [4.69, 9.17) is 0 Å². The number of nitrogens with one attached hydrogen (secondary N) is 2. The number of halogens is 3. The molecule has 0 aromatic carbocycles. The molecule has 12 nitrogen and oxygen atoms in total. The highest BCUT2D eigenvalue weighted by Gasteiger charge is 2.35. The van der Waals surface area contributed by atoms with Crippen molar-refractivity contribution in [2.75, 3.05) is 55.4 Å². The average Bonchev–Trinajstić information content (AvgIpc) is 3.19. The van der Waals surface area contributed by atoms with Gasteiger partial charge < -0.3 is 25.5 Å². The number of amides is 1. The predicted molar refractivity (Wildman–Crippen MR) is 127 cm³/mol. The first kappa shape index (κ1) is 25.3. The second kappa shape index (κ2) is 10.1. The largest absolute Gasteiger partial charge is 0.406 e. The highest BCUT2D eigenvalue weighted by Crippen LogP contribution is 2.32. The third-order valence-corrected chi connectivity index (χ3v) is 5.76. The number of piperazine rings is 1. The minimum Gasteiger partial charge on any atom is -0.395 e. The van der Waals surface area contributed by atoms with Crippen molar-refractivity contribution in [1.82, 2.24) is 34.4 Å². The van der Waals surface area contributed by atoms with Crippen molar-refractivity contribution in [2.45, 2.75) is 32.6 Å². The lowest BCUT2D eigenvalue weighted by Crippen LogP contribution is -2.54. The monoisotopic (exact) mass is 508 g/mol. The molecule has 0 saturated carbocycles. The number of hydrogen-bond acceptors (Lipinski definition) is 10. The number of anilines is 3. The van der Waals surface area contributed by atoms with Gasteiger partial charge in [0.25, 0.3) is 0 Å². The molecule has 0 aliphatic carbocycles. The zero-order chi connectivity index (χ0) is 26.0. The van der Waals surface area contributed by atoms with Crippen LogP contribution in [0.2, 0.25) is 0 Å². The molecule has 3 aromatic heterocycles. The first-order valence-electron chi connectivity index (χ1n) is 11.3. The Kier molecular flexibility index (Phi) is 7.10. The second-order valence-corrected chi connectivity index (χ2v) is 8.38. The van der Waals surface area contributed by atoms with E-state index in [-0.39, 0.29) is 53.9 Å². The SMILES string of the molecule is CNc1ncc(-c2nc(NCCO)c3nc(N4CCN(C(C)=O)[C@@H](C)C4)n(CC(F)(F)F)c3n2)cn1. The van der Waals surface area contributed by atoms with Gasteiger partial charge in [-0.1, -0.05) is 0 Å². The number of nitrogens with zero attached hydrogens (tertiary/aromatic N) is 8. The van der Waals surface area contributed by atoms with Crippen molar-refractivity contribution in [3.63, 3.8) is 0 Å². The Morgan fingerprint density at radius 3 is 2.50 bits per heavy atom. The fourth-order valence-electron chi connectivity index (χ4n) is 4.16. The quantitative estimate of drug-likeness (QED) is 0.429. The van der Waals surface area contributed by atoms with Crippen LogP contribution in [0.3, 0.4) is 0 Å². The molecule has 3 N–H and O–H groups in total. The van der Waals surface area contributed by atoms with E-state index >= 15 is 0 Å². The van der Waals surface area contributed by atoms with E-state index in [0.717, 1.165) is 4.57 Å². The van der Waals surface area contributed by atoms with Crippen LogP contribution in [-0.2, 0) is 11.3 Å². The molecular weight excluding hydrogens is 481 g/mol. The summed E-state index contributed by atoms with van der Waals surface area (Å²) in [5.41, 5.74) is 0.515. The van der Waals surface area contributed by atoms with Crippen LogP contribution < -0.4 is 15.5 Å². The van der Waals surface area contributed by atoms with Gasteiger partial charge in [-0.25, -0.2) is 24.9 Å². The molecule has 194 valence electrons. The highest BCUT2D eigenvalue weighted by molar-refractivity contribution is 5.87. The van der Waals surface area contributed by atoms with Crippen LogP contribution in [0.5, 0.6) is 0 Å². The first-order valence-corrected chi connectivity index (χ1v) is 11.3. The Bertz CT molecular complexity index is 1230. The maximum atomic E-state index is 13.7. The van der Waals surface area contributed by atoms with Crippen molar-refractivity contribution in [1.29, 1.82) is 0 Å². The number of imidazole rings is 1. The first-order chi connectivity index (χ1) is 17.1. The third kappa shape index (κ3) is 5.24. The van der Waals surface area contributed by atoms with Crippen LogP contribution in [0.4, 0.5) is 30.9 Å². The molecule has 1 aliphatic rings. The van der Waals surface area contributed by atoms with Crippen LogP contribution in [0.15, 0.2) is 12.4 Å². The normalized spacial score (nSPS) is 16.5. The van der Waals surface area contributed by atoms with Gasteiger partial charge in [-0.3, -0.25) is 9.36 Å². The lowest BCUT2D eigenvalue weighted by atomic mass is 10.2. The fraction of sp³-hybridized carbons (Fsp3) is 0.524. The number of aliphatic hydroxyl groups excluding tert-OH is 1. The summed E-state index contributed by atoms with van der Waals surface area (Å²) in [6.07, 6.45) is -1.62.